The Morgan fingerprint density at radius 3 is 2.87 bits per heavy atom. The quantitative estimate of drug-likeness (QED) is 0.458. The van der Waals surface area contributed by atoms with Crippen LogP contribution in [0.4, 0.5) is 0 Å². The molecule has 0 aromatic carbocycles. The van der Waals surface area contributed by atoms with Crippen molar-refractivity contribution >= 4 is 5.71 Å². The van der Waals surface area contributed by atoms with Gasteiger partial charge in [-0.05, 0) is 32.1 Å². The van der Waals surface area contributed by atoms with Crippen LogP contribution in [0, 0.1) is 11.3 Å². The molecule has 2 atom stereocenters. The number of rotatable bonds is 1. The fourth-order valence-corrected chi connectivity index (χ4v) is 3.37. The Balaban J connectivity index is 2.26. The summed E-state index contributed by atoms with van der Waals surface area (Å²) in [6, 6.07) is 0. The highest BCUT2D eigenvalue weighted by molar-refractivity contribution is 5.87. The zero-order valence-electron chi connectivity index (χ0n) is 10.5. The Hall–Kier alpha value is -0.590. The summed E-state index contributed by atoms with van der Waals surface area (Å²) in [5.41, 5.74) is 3.59. The Bertz CT molecular complexity index is 313. The molecule has 0 N–H and O–H groups in total. The van der Waals surface area contributed by atoms with Gasteiger partial charge < -0.3 is 0 Å². The minimum atomic E-state index is 0.513. The van der Waals surface area contributed by atoms with Gasteiger partial charge >= 0.3 is 0 Å². The first-order valence-corrected chi connectivity index (χ1v) is 6.26. The second kappa shape index (κ2) is 3.77. The first-order valence-electron chi connectivity index (χ1n) is 6.26. The van der Waals surface area contributed by atoms with Crippen LogP contribution in [-0.4, -0.2) is 23.9 Å². The Morgan fingerprint density at radius 2 is 2.20 bits per heavy atom. The van der Waals surface area contributed by atoms with Crippen molar-refractivity contribution in [1.82, 2.24) is 0 Å². The lowest BCUT2D eigenvalue weighted by Crippen LogP contribution is -2.44. The van der Waals surface area contributed by atoms with Crippen molar-refractivity contribution in [2.24, 2.45) is 11.3 Å². The van der Waals surface area contributed by atoms with Crippen molar-refractivity contribution in [3.8, 4) is 0 Å². The van der Waals surface area contributed by atoms with E-state index in [9.17, 15) is 0 Å². The van der Waals surface area contributed by atoms with Gasteiger partial charge in [-0.1, -0.05) is 19.1 Å². The lowest BCUT2D eigenvalue weighted by atomic mass is 9.65. The smallest absolute Gasteiger partial charge is 0.158 e. The van der Waals surface area contributed by atoms with E-state index in [0.29, 0.717) is 5.41 Å². The molecule has 0 aromatic rings. The molecule has 1 saturated carbocycles. The number of allylic oxidation sites excluding steroid dienone is 1. The molecule has 1 aliphatic carbocycles. The van der Waals surface area contributed by atoms with Crippen molar-refractivity contribution < 1.29 is 4.58 Å². The predicted octanol–water partition coefficient (Wildman–Crippen LogP) is 3.25. The van der Waals surface area contributed by atoms with Gasteiger partial charge in [0.2, 0.25) is 0 Å². The maximum Gasteiger partial charge on any atom is 0.158 e. The molecular weight excluding hydrogens is 182 g/mol. The van der Waals surface area contributed by atoms with Crippen LogP contribution in [0.3, 0.4) is 0 Å². The van der Waals surface area contributed by atoms with Gasteiger partial charge in [-0.2, -0.15) is 0 Å². The SMILES string of the molecule is C=C(C)[C@H]1CC[C@@]2(C)CCC[N+](C)=C2C1. The Morgan fingerprint density at radius 1 is 1.47 bits per heavy atom. The number of fused-ring (bicyclic) bond motifs is 1. The second-order valence-electron chi connectivity index (χ2n) is 5.82. The van der Waals surface area contributed by atoms with E-state index in [0.717, 1.165) is 5.92 Å². The standard InChI is InChI=1S/C14H24N/c1-11(2)12-6-8-14(3)7-5-9-15(4)13(14)10-12/h12H,1,5-10H2,2-4H3/q+1/t12-,14+/m0/s1. The van der Waals surface area contributed by atoms with Gasteiger partial charge in [-0.3, -0.25) is 0 Å². The van der Waals surface area contributed by atoms with E-state index in [1.807, 2.05) is 0 Å². The second-order valence-corrected chi connectivity index (χ2v) is 5.82. The highest BCUT2D eigenvalue weighted by Crippen LogP contribution is 2.43. The summed E-state index contributed by atoms with van der Waals surface area (Å²) < 4.78 is 2.51. The molecule has 84 valence electrons. The van der Waals surface area contributed by atoms with Crippen LogP contribution in [0.1, 0.15) is 46.0 Å². The van der Waals surface area contributed by atoms with Gasteiger partial charge in [0.1, 0.15) is 13.6 Å². The van der Waals surface area contributed by atoms with Crippen LogP contribution in [0.25, 0.3) is 0 Å². The molecule has 0 amide bonds. The lowest BCUT2D eigenvalue weighted by Gasteiger charge is -2.39. The maximum absolute atomic E-state index is 4.13. The zero-order chi connectivity index (χ0) is 11.1. The normalized spacial score (nSPS) is 36.3. The molecule has 0 aromatic heterocycles. The summed E-state index contributed by atoms with van der Waals surface area (Å²) in [5.74, 6) is 0.744. The molecule has 0 radical (unpaired) electrons. The minimum absolute atomic E-state index is 0.513. The largest absolute Gasteiger partial charge is 0.239 e. The van der Waals surface area contributed by atoms with Gasteiger partial charge in [-0.15, -0.1) is 0 Å². The van der Waals surface area contributed by atoms with Gasteiger partial charge in [-0.25, -0.2) is 4.58 Å². The summed E-state index contributed by atoms with van der Waals surface area (Å²) in [5, 5.41) is 0. The van der Waals surface area contributed by atoms with Gasteiger partial charge in [0, 0.05) is 18.3 Å². The van der Waals surface area contributed by atoms with Crippen molar-refractivity contribution in [2.75, 3.05) is 13.6 Å². The average Bonchev–Trinajstić information content (AvgIpc) is 2.17. The minimum Gasteiger partial charge on any atom is -0.239 e. The van der Waals surface area contributed by atoms with Crippen LogP contribution >= 0.6 is 0 Å². The van der Waals surface area contributed by atoms with E-state index < -0.39 is 0 Å². The van der Waals surface area contributed by atoms with E-state index in [1.54, 1.807) is 5.71 Å². The van der Waals surface area contributed by atoms with Crippen LogP contribution in [0.2, 0.25) is 0 Å². The molecule has 15 heavy (non-hydrogen) atoms. The first-order chi connectivity index (χ1) is 7.03. The molecule has 2 aliphatic rings. The molecular formula is C14H24N+. The van der Waals surface area contributed by atoms with Crippen molar-refractivity contribution in [1.29, 1.82) is 0 Å². The number of hydrogen-bond donors (Lipinski definition) is 0. The molecule has 2 rings (SSSR count). The molecule has 1 heterocycles. The van der Waals surface area contributed by atoms with Crippen molar-refractivity contribution in [3.05, 3.63) is 12.2 Å². The molecule has 1 fully saturated rings. The monoisotopic (exact) mass is 206 g/mol. The summed E-state index contributed by atoms with van der Waals surface area (Å²) in [6.45, 7) is 10.0. The van der Waals surface area contributed by atoms with Crippen molar-refractivity contribution in [3.63, 3.8) is 0 Å². The van der Waals surface area contributed by atoms with Crippen LogP contribution in [0.5, 0.6) is 0 Å². The maximum atomic E-state index is 4.13. The molecule has 0 saturated heterocycles. The van der Waals surface area contributed by atoms with E-state index in [-0.39, 0.29) is 0 Å². The Labute approximate surface area is 93.9 Å². The predicted molar refractivity (Wildman–Crippen MR) is 65.6 cm³/mol. The third-order valence-electron chi connectivity index (χ3n) is 4.56. The van der Waals surface area contributed by atoms with Crippen molar-refractivity contribution in [2.45, 2.75) is 46.0 Å². The third kappa shape index (κ3) is 1.89. The fraction of sp³-hybridized carbons (Fsp3) is 0.786. The highest BCUT2D eigenvalue weighted by atomic mass is 15.0. The molecule has 0 bridgehead atoms. The summed E-state index contributed by atoms with van der Waals surface area (Å²) in [6.07, 6.45) is 6.75. The number of hydrogen-bond acceptors (Lipinski definition) is 0. The lowest BCUT2D eigenvalue weighted by molar-refractivity contribution is -0.509. The fourth-order valence-electron chi connectivity index (χ4n) is 3.37. The van der Waals surface area contributed by atoms with Gasteiger partial charge in [0.25, 0.3) is 0 Å². The van der Waals surface area contributed by atoms with E-state index >= 15 is 0 Å². The zero-order valence-corrected chi connectivity index (χ0v) is 10.5. The molecule has 1 nitrogen and oxygen atoms in total. The average molecular weight is 206 g/mol. The first kappa shape index (κ1) is 10.9. The van der Waals surface area contributed by atoms with Crippen LogP contribution < -0.4 is 0 Å². The highest BCUT2D eigenvalue weighted by Gasteiger charge is 2.43. The number of nitrogens with zero attached hydrogens (tertiary/aromatic N) is 1. The molecule has 0 spiro atoms. The van der Waals surface area contributed by atoms with E-state index in [4.69, 9.17) is 0 Å². The summed E-state index contributed by atoms with van der Waals surface area (Å²) in [7, 11) is 2.27. The molecule has 1 aliphatic heterocycles. The topological polar surface area (TPSA) is 3.01 Å². The molecule has 1 heteroatoms. The third-order valence-corrected chi connectivity index (χ3v) is 4.56. The summed E-state index contributed by atoms with van der Waals surface area (Å²) in [4.78, 5) is 0. The molecule has 0 unspecified atom stereocenters. The van der Waals surface area contributed by atoms with Gasteiger partial charge in [0.15, 0.2) is 5.71 Å². The van der Waals surface area contributed by atoms with Gasteiger partial charge in [0.05, 0.1) is 0 Å². The van der Waals surface area contributed by atoms with Crippen LogP contribution in [0.15, 0.2) is 12.2 Å². The van der Waals surface area contributed by atoms with Crippen LogP contribution in [-0.2, 0) is 0 Å². The summed E-state index contributed by atoms with van der Waals surface area (Å²) >= 11 is 0. The Kier molecular flexibility index (Phi) is 2.74. The van der Waals surface area contributed by atoms with E-state index in [1.165, 1.54) is 44.2 Å². The van der Waals surface area contributed by atoms with E-state index in [2.05, 4.69) is 32.0 Å².